The Kier molecular flexibility index (Phi) is 5.38. The van der Waals surface area contributed by atoms with Crippen LogP contribution in [0.1, 0.15) is 6.92 Å². The van der Waals surface area contributed by atoms with Crippen LogP contribution in [0.3, 0.4) is 0 Å². The SMILES string of the molecule is CC(CN(C)C)Nc1cc(S(=O)(=O)N(C)C)ccc1N. The fourth-order valence-corrected chi connectivity index (χ4v) is 2.82. The topological polar surface area (TPSA) is 78.7 Å². The molecule has 0 aliphatic rings. The highest BCUT2D eigenvalue weighted by atomic mass is 32.2. The molecule has 0 aliphatic heterocycles. The van der Waals surface area contributed by atoms with Crippen LogP contribution in [0.25, 0.3) is 0 Å². The van der Waals surface area contributed by atoms with Gasteiger partial charge in [0.15, 0.2) is 0 Å². The zero-order chi connectivity index (χ0) is 15.5. The first-order valence-electron chi connectivity index (χ1n) is 6.38. The number of rotatable bonds is 6. The average molecular weight is 300 g/mol. The van der Waals surface area contributed by atoms with Crippen LogP contribution >= 0.6 is 0 Å². The average Bonchev–Trinajstić information content (AvgIpc) is 2.30. The molecule has 0 heterocycles. The van der Waals surface area contributed by atoms with Crippen LogP contribution < -0.4 is 11.1 Å². The molecule has 1 atom stereocenters. The molecular weight excluding hydrogens is 276 g/mol. The molecule has 1 unspecified atom stereocenters. The molecule has 0 saturated carbocycles. The van der Waals surface area contributed by atoms with Crippen molar-refractivity contribution in [2.75, 3.05) is 45.8 Å². The van der Waals surface area contributed by atoms with Gasteiger partial charge in [-0.1, -0.05) is 0 Å². The molecule has 3 N–H and O–H groups in total. The van der Waals surface area contributed by atoms with E-state index in [0.29, 0.717) is 11.4 Å². The maximum Gasteiger partial charge on any atom is 0.242 e. The summed E-state index contributed by atoms with van der Waals surface area (Å²) in [4.78, 5) is 2.28. The summed E-state index contributed by atoms with van der Waals surface area (Å²) in [6, 6.07) is 4.87. The van der Waals surface area contributed by atoms with Crippen molar-refractivity contribution in [2.24, 2.45) is 0 Å². The summed E-state index contributed by atoms with van der Waals surface area (Å²) in [5.41, 5.74) is 7.08. The lowest BCUT2D eigenvalue weighted by Crippen LogP contribution is -2.30. The lowest BCUT2D eigenvalue weighted by Gasteiger charge is -2.21. The van der Waals surface area contributed by atoms with E-state index in [0.717, 1.165) is 6.54 Å². The van der Waals surface area contributed by atoms with Gasteiger partial charge in [0.2, 0.25) is 10.0 Å². The van der Waals surface area contributed by atoms with E-state index in [1.165, 1.54) is 24.5 Å². The lowest BCUT2D eigenvalue weighted by atomic mass is 10.2. The second-order valence-corrected chi connectivity index (χ2v) is 7.50. The third-order valence-electron chi connectivity index (χ3n) is 2.84. The largest absolute Gasteiger partial charge is 0.397 e. The molecular formula is C13H24N4O2S. The van der Waals surface area contributed by atoms with E-state index in [1.807, 2.05) is 25.9 Å². The van der Waals surface area contributed by atoms with E-state index in [2.05, 4.69) is 5.32 Å². The van der Waals surface area contributed by atoms with Crippen molar-refractivity contribution in [1.82, 2.24) is 9.21 Å². The monoisotopic (exact) mass is 300 g/mol. The van der Waals surface area contributed by atoms with Crippen molar-refractivity contribution in [3.05, 3.63) is 18.2 Å². The van der Waals surface area contributed by atoms with Gasteiger partial charge in [0, 0.05) is 26.7 Å². The number of nitrogen functional groups attached to an aromatic ring is 1. The van der Waals surface area contributed by atoms with Crippen molar-refractivity contribution >= 4 is 21.4 Å². The second kappa shape index (κ2) is 6.43. The second-order valence-electron chi connectivity index (χ2n) is 5.34. The van der Waals surface area contributed by atoms with E-state index in [-0.39, 0.29) is 10.9 Å². The number of hydrogen-bond acceptors (Lipinski definition) is 5. The molecule has 0 bridgehead atoms. The van der Waals surface area contributed by atoms with Crippen LogP contribution in [-0.4, -0.2) is 58.4 Å². The molecule has 1 aromatic carbocycles. The summed E-state index contributed by atoms with van der Waals surface area (Å²) >= 11 is 0. The van der Waals surface area contributed by atoms with Crippen LogP contribution in [-0.2, 0) is 10.0 Å². The Morgan fingerprint density at radius 2 is 1.85 bits per heavy atom. The Hall–Kier alpha value is -1.31. The predicted molar refractivity (Wildman–Crippen MR) is 83.4 cm³/mol. The smallest absolute Gasteiger partial charge is 0.242 e. The minimum Gasteiger partial charge on any atom is -0.397 e. The Morgan fingerprint density at radius 3 is 2.35 bits per heavy atom. The Balaban J connectivity index is 3.04. The van der Waals surface area contributed by atoms with E-state index < -0.39 is 10.0 Å². The van der Waals surface area contributed by atoms with Crippen LogP contribution in [0.4, 0.5) is 11.4 Å². The summed E-state index contributed by atoms with van der Waals surface area (Å²) in [6.07, 6.45) is 0. The van der Waals surface area contributed by atoms with Crippen LogP contribution in [0.5, 0.6) is 0 Å². The van der Waals surface area contributed by atoms with Gasteiger partial charge >= 0.3 is 0 Å². The van der Waals surface area contributed by atoms with E-state index >= 15 is 0 Å². The summed E-state index contributed by atoms with van der Waals surface area (Å²) in [6.45, 7) is 2.84. The molecule has 1 aromatic rings. The summed E-state index contributed by atoms with van der Waals surface area (Å²) in [7, 11) is 3.53. The molecule has 0 amide bonds. The lowest BCUT2D eigenvalue weighted by molar-refractivity contribution is 0.392. The molecule has 1 rings (SSSR count). The number of nitrogens with two attached hydrogens (primary N) is 1. The normalized spacial score (nSPS) is 13.8. The molecule has 0 fully saturated rings. The summed E-state index contributed by atoms with van der Waals surface area (Å²) in [5.74, 6) is 0. The highest BCUT2D eigenvalue weighted by Gasteiger charge is 2.18. The quantitative estimate of drug-likeness (QED) is 0.763. The highest BCUT2D eigenvalue weighted by Crippen LogP contribution is 2.24. The van der Waals surface area contributed by atoms with Gasteiger partial charge in [-0.15, -0.1) is 0 Å². The van der Waals surface area contributed by atoms with E-state index in [1.54, 1.807) is 12.1 Å². The molecule has 0 spiro atoms. The summed E-state index contributed by atoms with van der Waals surface area (Å²) < 4.78 is 25.4. The molecule has 6 nitrogen and oxygen atoms in total. The van der Waals surface area contributed by atoms with Gasteiger partial charge < -0.3 is 16.0 Å². The minimum atomic E-state index is -3.45. The third kappa shape index (κ3) is 4.09. The first-order valence-corrected chi connectivity index (χ1v) is 7.82. The molecule has 0 radical (unpaired) electrons. The highest BCUT2D eigenvalue weighted by molar-refractivity contribution is 7.89. The van der Waals surface area contributed by atoms with Crippen LogP contribution in [0.15, 0.2) is 23.1 Å². The van der Waals surface area contributed by atoms with E-state index in [9.17, 15) is 8.42 Å². The van der Waals surface area contributed by atoms with Gasteiger partial charge in [0.05, 0.1) is 16.3 Å². The van der Waals surface area contributed by atoms with Crippen LogP contribution in [0, 0.1) is 0 Å². The zero-order valence-electron chi connectivity index (χ0n) is 12.7. The maximum atomic E-state index is 12.1. The first-order chi connectivity index (χ1) is 9.14. The number of nitrogens with zero attached hydrogens (tertiary/aromatic N) is 2. The van der Waals surface area contributed by atoms with Gasteiger partial charge in [-0.25, -0.2) is 12.7 Å². The molecule has 0 aromatic heterocycles. The fraction of sp³-hybridized carbons (Fsp3) is 0.538. The molecule has 0 aliphatic carbocycles. The predicted octanol–water partition coefficient (Wildman–Crippen LogP) is 0.881. The molecule has 20 heavy (non-hydrogen) atoms. The Morgan fingerprint density at radius 1 is 1.25 bits per heavy atom. The molecule has 0 saturated heterocycles. The van der Waals surface area contributed by atoms with Crippen molar-refractivity contribution in [3.8, 4) is 0 Å². The number of hydrogen-bond donors (Lipinski definition) is 2. The number of likely N-dealkylation sites (N-methyl/N-ethyl adjacent to an activating group) is 1. The van der Waals surface area contributed by atoms with Crippen molar-refractivity contribution in [3.63, 3.8) is 0 Å². The number of sulfonamides is 1. The van der Waals surface area contributed by atoms with Crippen molar-refractivity contribution in [1.29, 1.82) is 0 Å². The number of benzene rings is 1. The van der Waals surface area contributed by atoms with Crippen LogP contribution in [0.2, 0.25) is 0 Å². The molecule has 114 valence electrons. The number of nitrogens with one attached hydrogen (secondary N) is 1. The van der Waals surface area contributed by atoms with Gasteiger partial charge in [0.1, 0.15) is 0 Å². The van der Waals surface area contributed by atoms with Gasteiger partial charge in [-0.2, -0.15) is 0 Å². The first kappa shape index (κ1) is 16.7. The Bertz CT molecular complexity index is 555. The minimum absolute atomic E-state index is 0.157. The standard InChI is InChI=1S/C13H24N4O2S/c1-10(9-16(2)3)15-13-8-11(6-7-12(13)14)20(18,19)17(4)5/h6-8,10,15H,9,14H2,1-5H3. The van der Waals surface area contributed by atoms with Gasteiger partial charge in [-0.3, -0.25) is 0 Å². The van der Waals surface area contributed by atoms with E-state index in [4.69, 9.17) is 5.73 Å². The number of anilines is 2. The summed E-state index contributed by atoms with van der Waals surface area (Å²) in [5, 5.41) is 3.24. The zero-order valence-corrected chi connectivity index (χ0v) is 13.5. The van der Waals surface area contributed by atoms with Crippen molar-refractivity contribution in [2.45, 2.75) is 17.9 Å². The Labute approximate surface area is 121 Å². The van der Waals surface area contributed by atoms with Gasteiger partial charge in [0.25, 0.3) is 0 Å². The third-order valence-corrected chi connectivity index (χ3v) is 4.66. The molecule has 7 heteroatoms. The fourth-order valence-electron chi connectivity index (χ4n) is 1.89. The van der Waals surface area contributed by atoms with Gasteiger partial charge in [-0.05, 0) is 39.2 Å². The maximum absolute atomic E-state index is 12.1. The van der Waals surface area contributed by atoms with Crippen molar-refractivity contribution < 1.29 is 8.42 Å².